The molecule has 0 radical (unpaired) electrons. The maximum Gasteiger partial charge on any atom is 0.167 e. The molecule has 0 spiro atoms. The number of nitrogens with zero attached hydrogens (tertiary/aromatic N) is 4. The second kappa shape index (κ2) is 5.13. The molecule has 4 heterocycles. The predicted molar refractivity (Wildman–Crippen MR) is 88.7 cm³/mol. The average molecular weight is 364 g/mol. The highest BCUT2D eigenvalue weighted by Crippen LogP contribution is 2.34. The number of hydrogen-bond donors (Lipinski definition) is 3. The molecule has 0 aliphatic carbocycles. The lowest BCUT2D eigenvalue weighted by molar-refractivity contribution is 0.453. The Balaban J connectivity index is 1.87. The lowest BCUT2D eigenvalue weighted by atomic mass is 9.96. The van der Waals surface area contributed by atoms with Crippen molar-refractivity contribution in [3.8, 4) is 11.3 Å². The molecule has 3 aromatic rings. The number of halogens is 1. The normalized spacial score (nSPS) is 19.1. The monoisotopic (exact) mass is 363 g/mol. The first-order valence-electron chi connectivity index (χ1n) is 7.40. The van der Waals surface area contributed by atoms with Gasteiger partial charge in [-0.25, -0.2) is 4.98 Å². The molecule has 8 heteroatoms. The SMILES string of the molecule is Cn1cc(-c2cnn3c(N)c(Br)c(C4CCCNC4)nc23)[nH]1. The van der Waals surface area contributed by atoms with Crippen LogP contribution < -0.4 is 11.1 Å². The number of nitrogen functional groups attached to an aromatic ring is 1. The second-order valence-corrected chi connectivity index (χ2v) is 6.59. The van der Waals surface area contributed by atoms with E-state index in [1.165, 1.54) is 0 Å². The van der Waals surface area contributed by atoms with Gasteiger partial charge in [0.2, 0.25) is 0 Å². The summed E-state index contributed by atoms with van der Waals surface area (Å²) in [6.07, 6.45) is 6.10. The number of aromatic nitrogens is 5. The molecule has 0 saturated carbocycles. The van der Waals surface area contributed by atoms with E-state index < -0.39 is 0 Å². The number of fused-ring (bicyclic) bond motifs is 1. The quantitative estimate of drug-likeness (QED) is 0.648. The van der Waals surface area contributed by atoms with E-state index in [1.54, 1.807) is 10.7 Å². The summed E-state index contributed by atoms with van der Waals surface area (Å²) in [6, 6.07) is 0. The molecule has 1 atom stereocenters. The van der Waals surface area contributed by atoms with E-state index in [9.17, 15) is 0 Å². The third-order valence-corrected chi connectivity index (χ3v) is 5.05. The Bertz CT molecular complexity index is 810. The van der Waals surface area contributed by atoms with Crippen LogP contribution in [0, 0.1) is 0 Å². The number of nitrogens with two attached hydrogens (primary N) is 1. The Morgan fingerprint density at radius 2 is 2.27 bits per heavy atom. The van der Waals surface area contributed by atoms with Gasteiger partial charge in [0.25, 0.3) is 0 Å². The van der Waals surface area contributed by atoms with Crippen molar-refractivity contribution in [3.63, 3.8) is 0 Å². The highest BCUT2D eigenvalue weighted by atomic mass is 79.9. The van der Waals surface area contributed by atoms with Crippen LogP contribution in [0.1, 0.15) is 24.5 Å². The zero-order chi connectivity index (χ0) is 15.3. The van der Waals surface area contributed by atoms with Gasteiger partial charge < -0.3 is 11.1 Å². The van der Waals surface area contributed by atoms with E-state index in [4.69, 9.17) is 10.7 Å². The lowest BCUT2D eigenvalue weighted by Crippen LogP contribution is -2.29. The van der Waals surface area contributed by atoms with Crippen molar-refractivity contribution in [3.05, 3.63) is 22.6 Å². The topological polar surface area (TPSA) is 89.0 Å². The number of rotatable bonds is 2. The van der Waals surface area contributed by atoms with E-state index in [1.807, 2.05) is 17.9 Å². The highest BCUT2D eigenvalue weighted by Gasteiger charge is 2.24. The van der Waals surface area contributed by atoms with Gasteiger partial charge in [-0.2, -0.15) is 9.61 Å². The molecule has 4 N–H and O–H groups in total. The van der Waals surface area contributed by atoms with Gasteiger partial charge in [-0.3, -0.25) is 9.78 Å². The molecule has 3 aromatic heterocycles. The molecule has 116 valence electrons. The van der Waals surface area contributed by atoms with E-state index >= 15 is 0 Å². The highest BCUT2D eigenvalue weighted by molar-refractivity contribution is 9.10. The third kappa shape index (κ3) is 2.05. The lowest BCUT2D eigenvalue weighted by Gasteiger charge is -2.24. The van der Waals surface area contributed by atoms with Crippen molar-refractivity contribution in [1.82, 2.24) is 29.7 Å². The van der Waals surface area contributed by atoms with Crippen molar-refractivity contribution in [1.29, 1.82) is 0 Å². The first-order valence-corrected chi connectivity index (χ1v) is 8.19. The minimum absolute atomic E-state index is 0.379. The number of nitrogens with one attached hydrogen (secondary N) is 2. The minimum Gasteiger partial charge on any atom is -0.383 e. The van der Waals surface area contributed by atoms with Gasteiger partial charge in [0.05, 0.1) is 27.6 Å². The zero-order valence-electron chi connectivity index (χ0n) is 12.3. The van der Waals surface area contributed by atoms with Gasteiger partial charge >= 0.3 is 0 Å². The molecule has 0 bridgehead atoms. The Labute approximate surface area is 136 Å². The summed E-state index contributed by atoms with van der Waals surface area (Å²) in [5, 5.41) is 11.0. The van der Waals surface area contributed by atoms with Crippen LogP contribution in [0.4, 0.5) is 5.82 Å². The number of H-pyrrole nitrogens is 1. The van der Waals surface area contributed by atoms with E-state index in [0.29, 0.717) is 11.7 Å². The summed E-state index contributed by atoms with van der Waals surface area (Å²) in [5.41, 5.74) is 10.1. The maximum absolute atomic E-state index is 6.27. The van der Waals surface area contributed by atoms with Crippen LogP contribution >= 0.6 is 15.9 Å². The molecule has 22 heavy (non-hydrogen) atoms. The Hall–Kier alpha value is -1.80. The second-order valence-electron chi connectivity index (χ2n) is 5.80. The van der Waals surface area contributed by atoms with Crippen molar-refractivity contribution in [2.45, 2.75) is 18.8 Å². The fourth-order valence-corrected chi connectivity index (χ4v) is 3.65. The fourth-order valence-electron chi connectivity index (χ4n) is 3.07. The van der Waals surface area contributed by atoms with Crippen LogP contribution in [-0.2, 0) is 7.05 Å². The molecule has 7 nitrogen and oxygen atoms in total. The largest absolute Gasteiger partial charge is 0.383 e. The molecular weight excluding hydrogens is 346 g/mol. The van der Waals surface area contributed by atoms with Crippen LogP contribution in [0.15, 0.2) is 16.9 Å². The molecule has 1 aliphatic rings. The fraction of sp³-hybridized carbons (Fsp3) is 0.429. The standard InChI is InChI=1S/C14H18BrN7/c1-21-7-10(20-21)9-6-18-22-13(16)11(15)12(19-14(9)22)8-3-2-4-17-5-8/h6-8,17,20H,2-5,16H2,1H3. The first kappa shape index (κ1) is 13.8. The summed E-state index contributed by atoms with van der Waals surface area (Å²) < 4.78 is 4.45. The molecule has 4 rings (SSSR count). The Morgan fingerprint density at radius 3 is 2.95 bits per heavy atom. The predicted octanol–water partition coefficient (Wildman–Crippen LogP) is 1.87. The van der Waals surface area contributed by atoms with Gasteiger partial charge in [0.15, 0.2) is 5.65 Å². The summed E-state index contributed by atoms with van der Waals surface area (Å²) in [7, 11) is 1.95. The van der Waals surface area contributed by atoms with E-state index in [2.05, 4.69) is 31.4 Å². The maximum atomic E-state index is 6.27. The molecule has 0 amide bonds. The van der Waals surface area contributed by atoms with Crippen LogP contribution in [0.25, 0.3) is 16.9 Å². The number of piperidine rings is 1. The van der Waals surface area contributed by atoms with Crippen LogP contribution in [0.3, 0.4) is 0 Å². The van der Waals surface area contributed by atoms with Gasteiger partial charge in [-0.15, -0.1) is 0 Å². The summed E-state index contributed by atoms with van der Waals surface area (Å²) in [6.45, 7) is 2.02. The van der Waals surface area contributed by atoms with Crippen molar-refractivity contribution < 1.29 is 0 Å². The van der Waals surface area contributed by atoms with Gasteiger partial charge in [0.1, 0.15) is 5.82 Å². The molecular formula is C14H18BrN7. The number of aryl methyl sites for hydroxylation is 1. The molecule has 1 unspecified atom stereocenters. The van der Waals surface area contributed by atoms with Gasteiger partial charge in [-0.05, 0) is 35.3 Å². The van der Waals surface area contributed by atoms with Crippen molar-refractivity contribution in [2.24, 2.45) is 7.05 Å². The minimum atomic E-state index is 0.379. The van der Waals surface area contributed by atoms with E-state index in [0.717, 1.165) is 53.0 Å². The number of hydrogen-bond acceptors (Lipinski definition) is 4. The number of aromatic amines is 1. The zero-order valence-corrected chi connectivity index (χ0v) is 13.9. The summed E-state index contributed by atoms with van der Waals surface area (Å²) in [5.74, 6) is 0.981. The Kier molecular flexibility index (Phi) is 3.23. The Morgan fingerprint density at radius 1 is 1.45 bits per heavy atom. The molecule has 0 aromatic carbocycles. The van der Waals surface area contributed by atoms with Gasteiger partial charge in [0, 0.05) is 25.7 Å². The van der Waals surface area contributed by atoms with E-state index in [-0.39, 0.29) is 0 Å². The van der Waals surface area contributed by atoms with Crippen LogP contribution in [0.2, 0.25) is 0 Å². The average Bonchev–Trinajstić information content (AvgIpc) is 2.92. The van der Waals surface area contributed by atoms with Crippen LogP contribution in [0.5, 0.6) is 0 Å². The molecule has 1 aliphatic heterocycles. The molecule has 1 fully saturated rings. The first-order chi connectivity index (χ1) is 10.6. The van der Waals surface area contributed by atoms with Crippen molar-refractivity contribution in [2.75, 3.05) is 18.8 Å². The summed E-state index contributed by atoms with van der Waals surface area (Å²) >= 11 is 3.61. The van der Waals surface area contributed by atoms with Crippen molar-refractivity contribution >= 4 is 27.4 Å². The van der Waals surface area contributed by atoms with Gasteiger partial charge in [-0.1, -0.05) is 0 Å². The smallest absolute Gasteiger partial charge is 0.167 e. The molecule has 1 saturated heterocycles. The summed E-state index contributed by atoms with van der Waals surface area (Å²) in [4.78, 5) is 4.88. The van der Waals surface area contributed by atoms with Crippen LogP contribution in [-0.4, -0.2) is 37.5 Å². The third-order valence-electron chi connectivity index (χ3n) is 4.24. The number of anilines is 1.